The first-order valence-corrected chi connectivity index (χ1v) is 4.17. The van der Waals surface area contributed by atoms with Gasteiger partial charge < -0.3 is 4.74 Å². The summed E-state index contributed by atoms with van der Waals surface area (Å²) in [7, 11) is 1.47. The molecule has 1 aliphatic heterocycles. The van der Waals surface area contributed by atoms with Crippen molar-refractivity contribution in [2.45, 2.75) is 31.3 Å². The minimum absolute atomic E-state index is 0.162. The van der Waals surface area contributed by atoms with Crippen LogP contribution in [-0.4, -0.2) is 29.5 Å². The third kappa shape index (κ3) is 0.777. The van der Waals surface area contributed by atoms with Crippen molar-refractivity contribution < 1.29 is 14.3 Å². The van der Waals surface area contributed by atoms with Crippen molar-refractivity contribution in [1.82, 2.24) is 4.90 Å². The van der Waals surface area contributed by atoms with Crippen molar-refractivity contribution in [2.24, 2.45) is 0 Å². The van der Waals surface area contributed by atoms with E-state index in [1.807, 2.05) is 0 Å². The highest BCUT2D eigenvalue weighted by Gasteiger charge is 2.53. The molecule has 0 N–H and O–H groups in total. The zero-order chi connectivity index (χ0) is 8.77. The zero-order valence-electron chi connectivity index (χ0n) is 7.00. The van der Waals surface area contributed by atoms with E-state index in [1.54, 1.807) is 0 Å². The number of hydrogen-bond acceptors (Lipinski definition) is 3. The summed E-state index contributed by atoms with van der Waals surface area (Å²) in [5.74, 6) is -0.162. The highest BCUT2D eigenvalue weighted by atomic mass is 16.6. The topological polar surface area (TPSA) is 46.6 Å². The van der Waals surface area contributed by atoms with Gasteiger partial charge in [0.15, 0.2) is 5.60 Å². The Morgan fingerprint density at radius 3 is 2.33 bits per heavy atom. The summed E-state index contributed by atoms with van der Waals surface area (Å²) < 4.78 is 5.07. The third-order valence-corrected chi connectivity index (χ3v) is 2.66. The van der Waals surface area contributed by atoms with Crippen LogP contribution in [0.3, 0.4) is 0 Å². The lowest BCUT2D eigenvalue weighted by Crippen LogP contribution is -2.36. The molecule has 0 aromatic carbocycles. The molecule has 1 saturated heterocycles. The summed E-state index contributed by atoms with van der Waals surface area (Å²) in [6.45, 7) is 0. The smallest absolute Gasteiger partial charge is 0.417 e. The third-order valence-electron chi connectivity index (χ3n) is 2.66. The van der Waals surface area contributed by atoms with Crippen LogP contribution in [0.15, 0.2) is 0 Å². The van der Waals surface area contributed by atoms with Crippen molar-refractivity contribution in [3.63, 3.8) is 0 Å². The molecule has 0 unspecified atom stereocenters. The first-order chi connectivity index (χ1) is 5.66. The Morgan fingerprint density at radius 1 is 1.33 bits per heavy atom. The maximum Gasteiger partial charge on any atom is 0.417 e. The Hall–Kier alpha value is -1.06. The fourth-order valence-corrected chi connectivity index (χ4v) is 1.93. The van der Waals surface area contributed by atoms with Crippen LogP contribution >= 0.6 is 0 Å². The Bertz CT molecular complexity index is 243. The number of hydrogen-bond donors (Lipinski definition) is 0. The average Bonchev–Trinajstić information content (AvgIpc) is 2.57. The predicted octanol–water partition coefficient (Wildman–Crippen LogP) is 0.908. The van der Waals surface area contributed by atoms with Gasteiger partial charge in [-0.25, -0.2) is 9.69 Å². The van der Waals surface area contributed by atoms with Gasteiger partial charge in [-0.05, 0) is 25.7 Å². The number of imide groups is 1. The number of carbonyl (C=O) groups excluding carboxylic acids is 2. The number of rotatable bonds is 0. The molecule has 0 aromatic heterocycles. The summed E-state index contributed by atoms with van der Waals surface area (Å²) in [6, 6.07) is 0. The molecule has 1 saturated carbocycles. The van der Waals surface area contributed by atoms with Gasteiger partial charge in [0.1, 0.15) is 0 Å². The normalized spacial score (nSPS) is 26.9. The molecule has 4 nitrogen and oxygen atoms in total. The second kappa shape index (κ2) is 2.21. The largest absolute Gasteiger partial charge is 0.432 e. The molecule has 0 atom stereocenters. The molecule has 66 valence electrons. The predicted molar refractivity (Wildman–Crippen MR) is 40.5 cm³/mol. The van der Waals surface area contributed by atoms with Crippen LogP contribution in [0.1, 0.15) is 25.7 Å². The molecular formula is C8H11NO3. The number of carbonyl (C=O) groups is 2. The first kappa shape index (κ1) is 7.58. The molecule has 2 fully saturated rings. The minimum Gasteiger partial charge on any atom is -0.432 e. The molecule has 0 radical (unpaired) electrons. The monoisotopic (exact) mass is 169 g/mol. The van der Waals surface area contributed by atoms with Gasteiger partial charge in [-0.1, -0.05) is 0 Å². The van der Waals surface area contributed by atoms with E-state index in [1.165, 1.54) is 7.05 Å². The summed E-state index contributed by atoms with van der Waals surface area (Å²) in [5.41, 5.74) is -0.772. The molecular weight excluding hydrogens is 158 g/mol. The van der Waals surface area contributed by atoms with Gasteiger partial charge in [0.05, 0.1) is 0 Å². The molecule has 2 rings (SSSR count). The van der Waals surface area contributed by atoms with E-state index >= 15 is 0 Å². The van der Waals surface area contributed by atoms with Crippen LogP contribution in [0.2, 0.25) is 0 Å². The average molecular weight is 169 g/mol. The molecule has 0 aromatic rings. The van der Waals surface area contributed by atoms with E-state index < -0.39 is 11.7 Å². The SMILES string of the molecule is CN1C(=O)OC2(CCCC2)C1=O. The summed E-state index contributed by atoms with van der Waals surface area (Å²) in [4.78, 5) is 23.6. The van der Waals surface area contributed by atoms with Gasteiger partial charge >= 0.3 is 6.09 Å². The van der Waals surface area contributed by atoms with Gasteiger partial charge in [0, 0.05) is 7.05 Å². The minimum atomic E-state index is -0.772. The molecule has 1 spiro atoms. The van der Waals surface area contributed by atoms with E-state index in [0.717, 1.165) is 17.7 Å². The number of nitrogens with zero attached hydrogens (tertiary/aromatic N) is 1. The molecule has 1 aliphatic carbocycles. The van der Waals surface area contributed by atoms with E-state index in [9.17, 15) is 9.59 Å². The molecule has 2 amide bonds. The lowest BCUT2D eigenvalue weighted by molar-refractivity contribution is -0.135. The number of ether oxygens (including phenoxy) is 1. The summed E-state index contributed by atoms with van der Waals surface area (Å²) in [5, 5.41) is 0. The highest BCUT2D eigenvalue weighted by Crippen LogP contribution is 2.38. The molecule has 1 heterocycles. The first-order valence-electron chi connectivity index (χ1n) is 4.17. The zero-order valence-corrected chi connectivity index (χ0v) is 7.00. The number of likely N-dealkylation sites (N-methyl/N-ethyl adjacent to an activating group) is 1. The van der Waals surface area contributed by atoms with Crippen LogP contribution < -0.4 is 0 Å². The lowest BCUT2D eigenvalue weighted by atomic mass is 10.0. The van der Waals surface area contributed by atoms with Crippen LogP contribution in [0.25, 0.3) is 0 Å². The van der Waals surface area contributed by atoms with Gasteiger partial charge in [0.2, 0.25) is 0 Å². The second-order valence-corrected chi connectivity index (χ2v) is 3.43. The van der Waals surface area contributed by atoms with Crippen molar-refractivity contribution >= 4 is 12.0 Å². The summed E-state index contributed by atoms with van der Waals surface area (Å²) in [6.07, 6.45) is 2.85. The quantitative estimate of drug-likeness (QED) is 0.541. The standard InChI is InChI=1S/C8H11NO3/c1-9-6(10)8(12-7(9)11)4-2-3-5-8/h2-5H2,1H3. The highest BCUT2D eigenvalue weighted by molar-refractivity contribution is 6.02. The van der Waals surface area contributed by atoms with Gasteiger partial charge in [-0.3, -0.25) is 4.79 Å². The van der Waals surface area contributed by atoms with Gasteiger partial charge in [0.25, 0.3) is 5.91 Å². The van der Waals surface area contributed by atoms with Crippen molar-refractivity contribution in [1.29, 1.82) is 0 Å². The van der Waals surface area contributed by atoms with E-state index in [4.69, 9.17) is 4.74 Å². The van der Waals surface area contributed by atoms with Crippen LogP contribution in [0, 0.1) is 0 Å². The lowest BCUT2D eigenvalue weighted by Gasteiger charge is -2.16. The fraction of sp³-hybridized carbons (Fsp3) is 0.750. The summed E-state index contributed by atoms with van der Waals surface area (Å²) >= 11 is 0. The number of amides is 2. The fourth-order valence-electron chi connectivity index (χ4n) is 1.93. The van der Waals surface area contributed by atoms with E-state index in [2.05, 4.69) is 0 Å². The van der Waals surface area contributed by atoms with Crippen LogP contribution in [-0.2, 0) is 9.53 Å². The van der Waals surface area contributed by atoms with Crippen molar-refractivity contribution in [3.8, 4) is 0 Å². The molecule has 12 heavy (non-hydrogen) atoms. The van der Waals surface area contributed by atoms with Crippen molar-refractivity contribution in [2.75, 3.05) is 7.05 Å². The van der Waals surface area contributed by atoms with Gasteiger partial charge in [-0.15, -0.1) is 0 Å². The van der Waals surface area contributed by atoms with E-state index in [-0.39, 0.29) is 5.91 Å². The second-order valence-electron chi connectivity index (χ2n) is 3.43. The Morgan fingerprint density at radius 2 is 1.92 bits per heavy atom. The van der Waals surface area contributed by atoms with E-state index in [0.29, 0.717) is 12.8 Å². The Kier molecular flexibility index (Phi) is 1.40. The van der Waals surface area contributed by atoms with Gasteiger partial charge in [-0.2, -0.15) is 0 Å². The maximum atomic E-state index is 11.5. The van der Waals surface area contributed by atoms with Crippen LogP contribution in [0.5, 0.6) is 0 Å². The van der Waals surface area contributed by atoms with Crippen LogP contribution in [0.4, 0.5) is 4.79 Å². The Balaban J connectivity index is 2.29. The maximum absolute atomic E-state index is 11.5. The molecule has 2 aliphatic rings. The Labute approximate surface area is 70.5 Å². The van der Waals surface area contributed by atoms with Crippen molar-refractivity contribution in [3.05, 3.63) is 0 Å². The molecule has 0 bridgehead atoms. The molecule has 4 heteroatoms.